The van der Waals surface area contributed by atoms with E-state index in [9.17, 15) is 4.79 Å². The van der Waals surface area contributed by atoms with Crippen LogP contribution in [0.15, 0.2) is 30.3 Å². The predicted octanol–water partition coefficient (Wildman–Crippen LogP) is 3.27. The second kappa shape index (κ2) is 7.63. The SMILES string of the molecule is O=C(OCc1ccccc1)N1CCN(C2CCCCC2)CC1. The topological polar surface area (TPSA) is 32.8 Å². The van der Waals surface area contributed by atoms with Crippen LogP contribution in [0, 0.1) is 0 Å². The molecule has 22 heavy (non-hydrogen) atoms. The lowest BCUT2D eigenvalue weighted by Crippen LogP contribution is -2.52. The molecule has 1 saturated heterocycles. The number of carbonyl (C=O) groups excluding carboxylic acids is 1. The third-order valence-corrected chi connectivity index (χ3v) is 4.87. The first kappa shape index (κ1) is 15.3. The van der Waals surface area contributed by atoms with Crippen molar-refractivity contribution in [2.45, 2.75) is 44.8 Å². The average molecular weight is 302 g/mol. The van der Waals surface area contributed by atoms with Crippen LogP contribution in [0.25, 0.3) is 0 Å². The highest BCUT2D eigenvalue weighted by Crippen LogP contribution is 2.23. The van der Waals surface area contributed by atoms with Crippen LogP contribution < -0.4 is 0 Å². The van der Waals surface area contributed by atoms with Gasteiger partial charge in [-0.25, -0.2) is 4.79 Å². The van der Waals surface area contributed by atoms with E-state index in [2.05, 4.69) is 4.90 Å². The molecule has 1 aliphatic carbocycles. The van der Waals surface area contributed by atoms with Crippen LogP contribution in [0.5, 0.6) is 0 Å². The van der Waals surface area contributed by atoms with Crippen molar-refractivity contribution in [3.63, 3.8) is 0 Å². The summed E-state index contributed by atoms with van der Waals surface area (Å²) in [6, 6.07) is 10.6. The lowest BCUT2D eigenvalue weighted by Gasteiger charge is -2.40. The predicted molar refractivity (Wildman–Crippen MR) is 86.6 cm³/mol. The molecule has 1 saturated carbocycles. The fourth-order valence-corrected chi connectivity index (χ4v) is 3.53. The molecule has 0 N–H and O–H groups in total. The second-order valence-corrected chi connectivity index (χ2v) is 6.36. The Kier molecular flexibility index (Phi) is 5.33. The molecule has 3 rings (SSSR count). The van der Waals surface area contributed by atoms with Crippen LogP contribution in [0.4, 0.5) is 4.79 Å². The molecule has 4 nitrogen and oxygen atoms in total. The summed E-state index contributed by atoms with van der Waals surface area (Å²) in [5.74, 6) is 0. The van der Waals surface area contributed by atoms with Gasteiger partial charge >= 0.3 is 6.09 Å². The van der Waals surface area contributed by atoms with Crippen LogP contribution >= 0.6 is 0 Å². The molecule has 0 atom stereocenters. The van der Waals surface area contributed by atoms with Crippen LogP contribution in [0.3, 0.4) is 0 Å². The summed E-state index contributed by atoms with van der Waals surface area (Å²) in [4.78, 5) is 16.6. The molecule has 4 heteroatoms. The Morgan fingerprint density at radius 3 is 2.36 bits per heavy atom. The van der Waals surface area contributed by atoms with Gasteiger partial charge in [0.05, 0.1) is 0 Å². The third-order valence-electron chi connectivity index (χ3n) is 4.87. The quantitative estimate of drug-likeness (QED) is 0.859. The largest absolute Gasteiger partial charge is 0.445 e. The molecule has 1 aliphatic heterocycles. The minimum atomic E-state index is -0.174. The molecule has 0 spiro atoms. The van der Waals surface area contributed by atoms with Gasteiger partial charge in [-0.15, -0.1) is 0 Å². The number of rotatable bonds is 3. The summed E-state index contributed by atoms with van der Waals surface area (Å²) < 4.78 is 5.42. The molecule has 0 bridgehead atoms. The molecule has 2 fully saturated rings. The van der Waals surface area contributed by atoms with Crippen LogP contribution in [-0.2, 0) is 11.3 Å². The Hall–Kier alpha value is -1.55. The Balaban J connectivity index is 1.41. The van der Waals surface area contributed by atoms with Crippen molar-refractivity contribution >= 4 is 6.09 Å². The van der Waals surface area contributed by atoms with Crippen molar-refractivity contribution in [1.29, 1.82) is 0 Å². The van der Waals surface area contributed by atoms with Gasteiger partial charge in [-0.2, -0.15) is 0 Å². The minimum absolute atomic E-state index is 0.174. The van der Waals surface area contributed by atoms with Crippen LogP contribution in [0.1, 0.15) is 37.7 Å². The van der Waals surface area contributed by atoms with E-state index in [1.165, 1.54) is 32.1 Å². The molecular formula is C18H26N2O2. The van der Waals surface area contributed by atoms with Gasteiger partial charge in [-0.05, 0) is 18.4 Å². The molecule has 2 aliphatic rings. The summed E-state index contributed by atoms with van der Waals surface area (Å²) in [6.07, 6.45) is 6.61. The molecule has 1 aromatic carbocycles. The van der Waals surface area contributed by atoms with Gasteiger partial charge in [-0.3, -0.25) is 4.90 Å². The van der Waals surface area contributed by atoms with E-state index in [4.69, 9.17) is 4.74 Å². The second-order valence-electron chi connectivity index (χ2n) is 6.36. The van der Waals surface area contributed by atoms with Crippen molar-refractivity contribution < 1.29 is 9.53 Å². The van der Waals surface area contributed by atoms with Crippen molar-refractivity contribution in [2.24, 2.45) is 0 Å². The summed E-state index contributed by atoms with van der Waals surface area (Å²) in [6.45, 7) is 3.94. The first-order valence-electron chi connectivity index (χ1n) is 8.52. The molecule has 1 heterocycles. The summed E-state index contributed by atoms with van der Waals surface area (Å²) in [5.41, 5.74) is 1.04. The molecule has 1 amide bonds. The van der Waals surface area contributed by atoms with E-state index >= 15 is 0 Å². The summed E-state index contributed by atoms with van der Waals surface area (Å²) >= 11 is 0. The summed E-state index contributed by atoms with van der Waals surface area (Å²) in [7, 11) is 0. The molecule has 1 aromatic rings. The number of benzene rings is 1. The van der Waals surface area contributed by atoms with Gasteiger partial charge in [0.15, 0.2) is 0 Å². The minimum Gasteiger partial charge on any atom is -0.445 e. The van der Waals surface area contributed by atoms with Crippen molar-refractivity contribution in [3.8, 4) is 0 Å². The maximum Gasteiger partial charge on any atom is 0.410 e. The lowest BCUT2D eigenvalue weighted by atomic mass is 9.94. The number of piperazine rings is 1. The molecule has 0 radical (unpaired) electrons. The smallest absolute Gasteiger partial charge is 0.410 e. The zero-order valence-electron chi connectivity index (χ0n) is 13.2. The highest BCUT2D eigenvalue weighted by atomic mass is 16.6. The van der Waals surface area contributed by atoms with Gasteiger partial charge in [0.1, 0.15) is 6.61 Å². The third kappa shape index (κ3) is 4.01. The highest BCUT2D eigenvalue weighted by Gasteiger charge is 2.27. The number of carbonyl (C=O) groups is 1. The van der Waals surface area contributed by atoms with E-state index in [1.54, 1.807) is 0 Å². The maximum atomic E-state index is 12.1. The Morgan fingerprint density at radius 1 is 1.00 bits per heavy atom. The van der Waals surface area contributed by atoms with Crippen molar-refractivity contribution in [3.05, 3.63) is 35.9 Å². The van der Waals surface area contributed by atoms with E-state index in [1.807, 2.05) is 35.2 Å². The van der Waals surface area contributed by atoms with Crippen LogP contribution in [-0.4, -0.2) is 48.1 Å². The Morgan fingerprint density at radius 2 is 1.68 bits per heavy atom. The summed E-state index contributed by atoms with van der Waals surface area (Å²) in [5, 5.41) is 0. The van der Waals surface area contributed by atoms with Crippen molar-refractivity contribution in [1.82, 2.24) is 9.80 Å². The molecule has 0 aromatic heterocycles. The van der Waals surface area contributed by atoms with E-state index in [0.29, 0.717) is 6.61 Å². The molecular weight excluding hydrogens is 276 g/mol. The van der Waals surface area contributed by atoms with Gasteiger partial charge in [0.25, 0.3) is 0 Å². The highest BCUT2D eigenvalue weighted by molar-refractivity contribution is 5.67. The monoisotopic (exact) mass is 302 g/mol. The fraction of sp³-hybridized carbons (Fsp3) is 0.611. The Labute approximate surface area is 133 Å². The lowest BCUT2D eigenvalue weighted by molar-refractivity contribution is 0.0529. The van der Waals surface area contributed by atoms with Gasteiger partial charge in [0, 0.05) is 32.2 Å². The molecule has 0 unspecified atom stereocenters. The van der Waals surface area contributed by atoms with E-state index in [0.717, 1.165) is 37.8 Å². The Bertz CT molecular complexity index is 463. The van der Waals surface area contributed by atoms with Gasteiger partial charge in [0.2, 0.25) is 0 Å². The zero-order valence-corrected chi connectivity index (χ0v) is 13.2. The number of hydrogen-bond acceptors (Lipinski definition) is 3. The standard InChI is InChI=1S/C18H26N2O2/c21-18(22-15-16-7-3-1-4-8-16)20-13-11-19(12-14-20)17-9-5-2-6-10-17/h1,3-4,7-8,17H,2,5-6,9-15H2. The fourth-order valence-electron chi connectivity index (χ4n) is 3.53. The number of hydrogen-bond donors (Lipinski definition) is 0. The zero-order chi connectivity index (χ0) is 15.2. The number of amides is 1. The van der Waals surface area contributed by atoms with Gasteiger partial charge in [-0.1, -0.05) is 49.6 Å². The van der Waals surface area contributed by atoms with Crippen LogP contribution in [0.2, 0.25) is 0 Å². The van der Waals surface area contributed by atoms with E-state index < -0.39 is 0 Å². The normalized spacial score (nSPS) is 20.8. The molecule has 120 valence electrons. The van der Waals surface area contributed by atoms with Gasteiger partial charge < -0.3 is 9.64 Å². The van der Waals surface area contributed by atoms with E-state index in [-0.39, 0.29) is 6.09 Å². The van der Waals surface area contributed by atoms with Crippen molar-refractivity contribution in [2.75, 3.05) is 26.2 Å². The average Bonchev–Trinajstić information content (AvgIpc) is 2.61. The number of nitrogens with zero attached hydrogens (tertiary/aromatic N) is 2. The number of ether oxygens (including phenoxy) is 1. The maximum absolute atomic E-state index is 12.1. The first-order chi connectivity index (χ1) is 10.8. The first-order valence-corrected chi connectivity index (χ1v) is 8.52.